The van der Waals surface area contributed by atoms with Crippen LogP contribution in [0.2, 0.25) is 0 Å². The van der Waals surface area contributed by atoms with Crippen LogP contribution in [-0.4, -0.2) is 0 Å². The maximum absolute atomic E-state index is 2.46. The van der Waals surface area contributed by atoms with E-state index in [0.717, 1.165) is 5.92 Å². The molecule has 0 nitrogen and oxygen atoms in total. The summed E-state index contributed by atoms with van der Waals surface area (Å²) in [4.78, 5) is 0. The largest absolute Gasteiger partial charge is 0.0683 e. The highest BCUT2D eigenvalue weighted by molar-refractivity contribution is 4.77. The van der Waals surface area contributed by atoms with Crippen LogP contribution in [0.15, 0.2) is 0 Å². The minimum absolute atomic E-state index is 0.538. The summed E-state index contributed by atoms with van der Waals surface area (Å²) in [6.45, 7) is 20.9. The highest BCUT2D eigenvalue weighted by Crippen LogP contribution is 2.38. The smallest absolute Gasteiger partial charge is 0.0352 e. The summed E-state index contributed by atoms with van der Waals surface area (Å²) in [5.41, 5.74) is 1.08. The monoisotopic (exact) mass is 284 g/mol. The molecule has 0 N–H and O–H groups in total. The third-order valence-electron chi connectivity index (χ3n) is 4.22. The summed E-state index contributed by atoms with van der Waals surface area (Å²) in [7, 11) is 0. The number of rotatable bonds is 10. The van der Waals surface area contributed by atoms with Gasteiger partial charge < -0.3 is 0 Å². The zero-order valence-electron chi connectivity index (χ0n) is 16.2. The molecule has 0 bridgehead atoms. The summed E-state index contributed by atoms with van der Waals surface area (Å²) in [5, 5.41) is 0. The van der Waals surface area contributed by atoms with Crippen LogP contribution in [0.4, 0.5) is 0 Å². The molecule has 0 heteroatoms. The fourth-order valence-corrected chi connectivity index (χ4v) is 3.47. The predicted molar refractivity (Wildman–Crippen MR) is 96.4 cm³/mol. The lowest BCUT2D eigenvalue weighted by Gasteiger charge is -2.33. The molecule has 0 saturated heterocycles. The summed E-state index contributed by atoms with van der Waals surface area (Å²) in [6, 6.07) is 0. The van der Waals surface area contributed by atoms with Gasteiger partial charge in [-0.25, -0.2) is 0 Å². The lowest BCUT2D eigenvalue weighted by atomic mass is 9.73. The quantitative estimate of drug-likeness (QED) is 0.383. The Morgan fingerprint density at radius 1 is 0.700 bits per heavy atom. The van der Waals surface area contributed by atoms with Crippen molar-refractivity contribution in [1.29, 1.82) is 0 Å². The molecule has 0 aromatic rings. The fourth-order valence-electron chi connectivity index (χ4n) is 3.47. The van der Waals surface area contributed by atoms with Crippen LogP contribution in [-0.2, 0) is 0 Å². The molecule has 0 spiro atoms. The van der Waals surface area contributed by atoms with Crippen LogP contribution in [0.5, 0.6) is 0 Å². The Morgan fingerprint density at radius 3 is 1.25 bits per heavy atom. The van der Waals surface area contributed by atoms with E-state index in [-0.39, 0.29) is 0 Å². The van der Waals surface area contributed by atoms with Crippen molar-refractivity contribution in [3.63, 3.8) is 0 Å². The molecule has 0 heterocycles. The van der Waals surface area contributed by atoms with Gasteiger partial charge in [0.2, 0.25) is 0 Å². The van der Waals surface area contributed by atoms with Gasteiger partial charge in [0.05, 0.1) is 0 Å². The minimum atomic E-state index is 0.538. The predicted octanol–water partition coefficient (Wildman–Crippen LogP) is 7.86. The lowest BCUT2D eigenvalue weighted by molar-refractivity contribution is 0.185. The van der Waals surface area contributed by atoms with E-state index in [2.05, 4.69) is 48.5 Å². The number of hydrogen-bond donors (Lipinski definition) is 0. The Morgan fingerprint density at radius 2 is 1.00 bits per heavy atom. The molecule has 0 aromatic carbocycles. The molecular formula is C20H44. The van der Waals surface area contributed by atoms with Crippen molar-refractivity contribution in [2.45, 2.75) is 114 Å². The first kappa shape index (κ1) is 22.3. The molecule has 0 saturated carbocycles. The first-order valence-corrected chi connectivity index (χ1v) is 9.22. The second kappa shape index (κ2) is 11.6. The van der Waals surface area contributed by atoms with Gasteiger partial charge in [0, 0.05) is 0 Å². The van der Waals surface area contributed by atoms with E-state index in [1.807, 2.05) is 13.8 Å². The highest BCUT2D eigenvalue weighted by atomic mass is 14.3. The van der Waals surface area contributed by atoms with Gasteiger partial charge in [0.15, 0.2) is 0 Å². The van der Waals surface area contributed by atoms with Crippen LogP contribution in [0.25, 0.3) is 0 Å². The van der Waals surface area contributed by atoms with Crippen LogP contribution < -0.4 is 0 Å². The molecule has 0 rings (SSSR count). The van der Waals surface area contributed by atoms with Gasteiger partial charge in [0.1, 0.15) is 0 Å². The van der Waals surface area contributed by atoms with Crippen molar-refractivity contribution in [2.24, 2.45) is 16.7 Å². The van der Waals surface area contributed by atoms with E-state index < -0.39 is 0 Å². The van der Waals surface area contributed by atoms with Crippen LogP contribution in [0.3, 0.4) is 0 Å². The second-order valence-electron chi connectivity index (χ2n) is 8.05. The lowest BCUT2D eigenvalue weighted by Crippen LogP contribution is -2.21. The van der Waals surface area contributed by atoms with Gasteiger partial charge >= 0.3 is 0 Å². The van der Waals surface area contributed by atoms with E-state index in [4.69, 9.17) is 0 Å². The summed E-state index contributed by atoms with van der Waals surface area (Å²) in [6.07, 6.45) is 11.0. The molecule has 0 aliphatic rings. The molecule has 0 aromatic heterocycles. The maximum Gasteiger partial charge on any atom is -0.0352 e. The molecule has 0 aliphatic heterocycles. The van der Waals surface area contributed by atoms with Crippen LogP contribution in [0.1, 0.15) is 114 Å². The normalized spacial score (nSPS) is 12.3. The van der Waals surface area contributed by atoms with E-state index in [9.17, 15) is 0 Å². The van der Waals surface area contributed by atoms with Gasteiger partial charge in [0.25, 0.3) is 0 Å². The minimum Gasteiger partial charge on any atom is -0.0683 e. The van der Waals surface area contributed by atoms with Crippen molar-refractivity contribution in [2.75, 3.05) is 0 Å². The standard InChI is InChI=1S/C18H38.C2H6/c1-8-10-12-17(4,5)14-16(3)15-18(6,7)13-11-9-2;1-2/h16H,8-15H2,1-7H3;1-2H3. The Kier molecular flexibility index (Phi) is 13.0. The zero-order chi connectivity index (χ0) is 16.2. The van der Waals surface area contributed by atoms with Crippen molar-refractivity contribution >= 4 is 0 Å². The molecule has 124 valence electrons. The van der Waals surface area contributed by atoms with Crippen molar-refractivity contribution in [3.05, 3.63) is 0 Å². The molecule has 0 fully saturated rings. The van der Waals surface area contributed by atoms with Crippen molar-refractivity contribution < 1.29 is 0 Å². The Balaban J connectivity index is 0. The average molecular weight is 285 g/mol. The van der Waals surface area contributed by atoms with Gasteiger partial charge in [-0.3, -0.25) is 0 Å². The summed E-state index contributed by atoms with van der Waals surface area (Å²) in [5.74, 6) is 0.865. The SMILES string of the molecule is CC.CCCCC(C)(C)CC(C)CC(C)(C)CCCC. The average Bonchev–Trinajstić information content (AvgIpc) is 2.35. The molecular weight excluding hydrogens is 240 g/mol. The van der Waals surface area contributed by atoms with E-state index in [0.29, 0.717) is 10.8 Å². The Bertz CT molecular complexity index is 178. The Hall–Kier alpha value is 0. The first-order chi connectivity index (χ1) is 9.22. The van der Waals surface area contributed by atoms with Gasteiger partial charge in [-0.15, -0.1) is 0 Å². The summed E-state index contributed by atoms with van der Waals surface area (Å²) >= 11 is 0. The molecule has 0 atom stereocenters. The highest BCUT2D eigenvalue weighted by Gasteiger charge is 2.25. The number of hydrogen-bond acceptors (Lipinski definition) is 0. The Labute approximate surface area is 131 Å². The third-order valence-corrected chi connectivity index (χ3v) is 4.22. The van der Waals surface area contributed by atoms with Gasteiger partial charge in [-0.05, 0) is 42.4 Å². The topological polar surface area (TPSA) is 0 Å². The van der Waals surface area contributed by atoms with E-state index in [1.165, 1.54) is 51.4 Å². The van der Waals surface area contributed by atoms with E-state index >= 15 is 0 Å². The molecule has 0 aliphatic carbocycles. The summed E-state index contributed by atoms with van der Waals surface area (Å²) < 4.78 is 0. The van der Waals surface area contributed by atoms with Crippen LogP contribution in [0, 0.1) is 16.7 Å². The third kappa shape index (κ3) is 13.0. The second-order valence-corrected chi connectivity index (χ2v) is 8.05. The van der Waals surface area contributed by atoms with Crippen LogP contribution >= 0.6 is 0 Å². The first-order valence-electron chi connectivity index (χ1n) is 9.22. The van der Waals surface area contributed by atoms with E-state index in [1.54, 1.807) is 0 Å². The van der Waals surface area contributed by atoms with Gasteiger partial charge in [-0.2, -0.15) is 0 Å². The molecule has 0 radical (unpaired) electrons. The molecule has 20 heavy (non-hydrogen) atoms. The zero-order valence-corrected chi connectivity index (χ0v) is 16.2. The van der Waals surface area contributed by atoms with Crippen molar-refractivity contribution in [3.8, 4) is 0 Å². The fraction of sp³-hybridized carbons (Fsp3) is 1.00. The van der Waals surface area contributed by atoms with Gasteiger partial charge in [-0.1, -0.05) is 88.0 Å². The molecule has 0 amide bonds. The maximum atomic E-state index is 2.46. The molecule has 0 unspecified atom stereocenters. The number of unbranched alkanes of at least 4 members (excludes halogenated alkanes) is 2. The van der Waals surface area contributed by atoms with Crippen molar-refractivity contribution in [1.82, 2.24) is 0 Å².